The molecular weight excluding hydrogens is 465 g/mol. The number of fused-ring (bicyclic) bond motifs is 1. The number of aryl methyl sites for hydroxylation is 1. The van der Waals surface area contributed by atoms with Gasteiger partial charge in [0.15, 0.2) is 6.61 Å². The lowest BCUT2D eigenvalue weighted by Gasteiger charge is -2.16. The zero-order valence-electron chi connectivity index (χ0n) is 19.5. The normalized spacial score (nSPS) is 11.4. The van der Waals surface area contributed by atoms with E-state index in [-0.39, 0.29) is 24.7 Å². The Labute approximate surface area is 200 Å². The van der Waals surface area contributed by atoms with Crippen LogP contribution in [0.4, 0.5) is 18.9 Å². The van der Waals surface area contributed by atoms with Crippen LogP contribution in [-0.4, -0.2) is 43.8 Å². The molecule has 0 atom stereocenters. The maximum absolute atomic E-state index is 13.2. The predicted octanol–water partition coefficient (Wildman–Crippen LogP) is 4.95. The van der Waals surface area contributed by atoms with Crippen molar-refractivity contribution in [1.82, 2.24) is 4.98 Å². The quantitative estimate of drug-likeness (QED) is 0.338. The van der Waals surface area contributed by atoms with Gasteiger partial charge in [-0.2, -0.15) is 13.2 Å². The number of amides is 1. The summed E-state index contributed by atoms with van der Waals surface area (Å²) in [6.45, 7) is 3.22. The second-order valence-electron chi connectivity index (χ2n) is 7.60. The third-order valence-corrected chi connectivity index (χ3v) is 5.24. The average molecular weight is 490 g/mol. The molecule has 1 aromatic heterocycles. The lowest BCUT2D eigenvalue weighted by Crippen LogP contribution is -2.22. The van der Waals surface area contributed by atoms with E-state index in [4.69, 9.17) is 14.2 Å². The minimum atomic E-state index is -4.62. The largest absolute Gasteiger partial charge is 0.489 e. The van der Waals surface area contributed by atoms with Crippen molar-refractivity contribution in [3.63, 3.8) is 0 Å². The molecule has 0 bridgehead atoms. The number of nitrogens with one attached hydrogen (secondary N) is 1. The molecule has 0 aliphatic rings. The lowest BCUT2D eigenvalue weighted by molar-refractivity contribution is -0.137. The molecule has 3 aromatic rings. The van der Waals surface area contributed by atoms with Gasteiger partial charge in [0.2, 0.25) is 0 Å². The third kappa shape index (κ3) is 6.27. The first-order valence-electron chi connectivity index (χ1n) is 10.8. The van der Waals surface area contributed by atoms with Crippen molar-refractivity contribution in [2.45, 2.75) is 26.4 Å². The van der Waals surface area contributed by atoms with E-state index >= 15 is 0 Å². The molecule has 3 rings (SSSR count). The van der Waals surface area contributed by atoms with Gasteiger partial charge in [0.25, 0.3) is 5.91 Å². The monoisotopic (exact) mass is 490 g/mol. The summed E-state index contributed by atoms with van der Waals surface area (Å²) in [7, 11) is 1.45. The Balaban J connectivity index is 1.78. The number of ether oxygens (including phenoxy) is 3. The number of hydrogen-bond donors (Lipinski definition) is 1. The van der Waals surface area contributed by atoms with Gasteiger partial charge in [0, 0.05) is 18.2 Å². The predicted molar refractivity (Wildman–Crippen MR) is 124 cm³/mol. The van der Waals surface area contributed by atoms with Gasteiger partial charge in [-0.05, 0) is 43.2 Å². The summed E-state index contributed by atoms with van der Waals surface area (Å²) in [6.07, 6.45) is -4.02. The van der Waals surface area contributed by atoms with Gasteiger partial charge < -0.3 is 19.5 Å². The molecule has 1 heterocycles. The number of halogens is 3. The van der Waals surface area contributed by atoms with E-state index in [1.54, 1.807) is 31.2 Å². The Hall–Kier alpha value is -3.66. The minimum Gasteiger partial charge on any atom is -0.489 e. The molecule has 0 saturated heterocycles. The van der Waals surface area contributed by atoms with Gasteiger partial charge in [-0.15, -0.1) is 0 Å². The number of pyridine rings is 1. The summed E-state index contributed by atoms with van der Waals surface area (Å²) in [5, 5.41) is 2.92. The van der Waals surface area contributed by atoms with E-state index < -0.39 is 30.2 Å². The molecule has 0 radical (unpaired) electrons. The second-order valence-corrected chi connectivity index (χ2v) is 7.60. The van der Waals surface area contributed by atoms with Gasteiger partial charge in [-0.3, -0.25) is 9.78 Å². The van der Waals surface area contributed by atoms with E-state index in [2.05, 4.69) is 10.3 Å². The average Bonchev–Trinajstić information content (AvgIpc) is 2.82. The van der Waals surface area contributed by atoms with E-state index in [0.717, 1.165) is 23.9 Å². The van der Waals surface area contributed by atoms with Crippen molar-refractivity contribution in [1.29, 1.82) is 0 Å². The van der Waals surface area contributed by atoms with E-state index in [1.807, 2.05) is 6.92 Å². The fourth-order valence-corrected chi connectivity index (χ4v) is 3.52. The molecule has 0 aliphatic carbocycles. The van der Waals surface area contributed by atoms with Crippen molar-refractivity contribution in [3.05, 3.63) is 64.8 Å². The maximum Gasteiger partial charge on any atom is 0.416 e. The van der Waals surface area contributed by atoms with E-state index in [9.17, 15) is 22.8 Å². The topological polar surface area (TPSA) is 86.8 Å². The number of carbonyl (C=O) groups is 2. The highest BCUT2D eigenvalue weighted by Crippen LogP contribution is 2.35. The summed E-state index contributed by atoms with van der Waals surface area (Å²) in [5.41, 5.74) is 1.12. The van der Waals surface area contributed by atoms with E-state index in [1.165, 1.54) is 7.11 Å². The number of para-hydroxylation sites is 1. The fraction of sp³-hybridized carbons (Fsp3) is 0.320. The fourth-order valence-electron chi connectivity index (χ4n) is 3.52. The SMILES string of the molecule is CCc1nc2ccccc2c(C(=O)OCC(=O)Nc2cc(C(F)(F)F)ccc2OCCOC)c1C. The highest BCUT2D eigenvalue weighted by atomic mass is 19.4. The number of carbonyl (C=O) groups excluding carboxylic acids is 2. The number of aromatic nitrogens is 1. The number of rotatable bonds is 9. The summed E-state index contributed by atoms with van der Waals surface area (Å²) in [5.74, 6) is -1.52. The first-order valence-corrected chi connectivity index (χ1v) is 10.8. The molecule has 7 nitrogen and oxygen atoms in total. The minimum absolute atomic E-state index is 0.0262. The Morgan fingerprint density at radius 2 is 1.83 bits per heavy atom. The van der Waals surface area contributed by atoms with Crippen molar-refractivity contribution < 1.29 is 37.0 Å². The van der Waals surface area contributed by atoms with Crippen LogP contribution >= 0.6 is 0 Å². The molecule has 10 heteroatoms. The Morgan fingerprint density at radius 1 is 1.09 bits per heavy atom. The number of hydrogen-bond acceptors (Lipinski definition) is 6. The molecule has 2 aromatic carbocycles. The number of alkyl halides is 3. The maximum atomic E-state index is 13.2. The standard InChI is InChI=1S/C25H25F3N2O5/c1-4-18-15(2)23(17-7-5-6-8-19(17)29-18)24(32)35-14-22(31)30-20-13-16(25(26,27)28)9-10-21(20)34-12-11-33-3/h5-10,13H,4,11-12,14H2,1-3H3,(H,30,31). The summed E-state index contributed by atoms with van der Waals surface area (Å²) < 4.78 is 55.0. The van der Waals surface area contributed by atoms with Gasteiger partial charge in [0.05, 0.1) is 28.9 Å². The smallest absolute Gasteiger partial charge is 0.416 e. The molecule has 0 aliphatic heterocycles. The van der Waals surface area contributed by atoms with Crippen molar-refractivity contribution in [2.24, 2.45) is 0 Å². The Kier molecular flexibility index (Phi) is 8.29. The van der Waals surface area contributed by atoms with Crippen LogP contribution in [0.3, 0.4) is 0 Å². The first-order chi connectivity index (χ1) is 16.7. The molecule has 0 spiro atoms. The van der Waals surface area contributed by atoms with Crippen LogP contribution in [-0.2, 0) is 26.9 Å². The second kappa shape index (κ2) is 11.2. The van der Waals surface area contributed by atoms with Crippen molar-refractivity contribution in [3.8, 4) is 5.75 Å². The lowest BCUT2D eigenvalue weighted by atomic mass is 10.0. The van der Waals surface area contributed by atoms with Gasteiger partial charge in [0.1, 0.15) is 12.4 Å². The molecule has 186 valence electrons. The molecule has 0 fully saturated rings. The van der Waals surface area contributed by atoms with Crippen molar-refractivity contribution in [2.75, 3.05) is 32.2 Å². The van der Waals surface area contributed by atoms with Crippen LogP contribution < -0.4 is 10.1 Å². The zero-order valence-corrected chi connectivity index (χ0v) is 19.5. The molecule has 1 N–H and O–H groups in total. The zero-order chi connectivity index (χ0) is 25.6. The number of nitrogens with zero attached hydrogens (tertiary/aromatic N) is 1. The van der Waals surface area contributed by atoms with Gasteiger partial charge in [-0.25, -0.2) is 4.79 Å². The molecule has 0 saturated carbocycles. The summed E-state index contributed by atoms with van der Waals surface area (Å²) in [6, 6.07) is 9.79. The molecule has 0 unspecified atom stereocenters. The van der Waals surface area contributed by atoms with Crippen LogP contribution in [0.25, 0.3) is 10.9 Å². The van der Waals surface area contributed by atoms with Crippen LogP contribution in [0.5, 0.6) is 5.75 Å². The highest BCUT2D eigenvalue weighted by molar-refractivity contribution is 6.06. The third-order valence-electron chi connectivity index (χ3n) is 5.24. The number of esters is 1. The van der Waals surface area contributed by atoms with Gasteiger partial charge in [-0.1, -0.05) is 25.1 Å². The number of methoxy groups -OCH3 is 1. The van der Waals surface area contributed by atoms with E-state index in [0.29, 0.717) is 28.5 Å². The summed E-state index contributed by atoms with van der Waals surface area (Å²) >= 11 is 0. The number of anilines is 1. The first kappa shape index (κ1) is 26.0. The van der Waals surface area contributed by atoms with Gasteiger partial charge >= 0.3 is 12.1 Å². The number of benzene rings is 2. The highest BCUT2D eigenvalue weighted by Gasteiger charge is 2.31. The van der Waals surface area contributed by atoms with Crippen LogP contribution in [0.2, 0.25) is 0 Å². The van der Waals surface area contributed by atoms with Crippen LogP contribution in [0.1, 0.15) is 34.1 Å². The van der Waals surface area contributed by atoms with Crippen LogP contribution in [0, 0.1) is 6.92 Å². The Bertz CT molecular complexity index is 1230. The molecular formula is C25H25F3N2O5. The Morgan fingerprint density at radius 3 is 2.51 bits per heavy atom. The summed E-state index contributed by atoms with van der Waals surface area (Å²) in [4.78, 5) is 30.0. The van der Waals surface area contributed by atoms with Crippen LogP contribution in [0.15, 0.2) is 42.5 Å². The molecule has 35 heavy (non-hydrogen) atoms. The van der Waals surface area contributed by atoms with Crippen molar-refractivity contribution >= 4 is 28.5 Å². The molecule has 1 amide bonds.